The molecular weight excluding hydrogens is 339 g/mol. The van der Waals surface area contributed by atoms with E-state index in [4.69, 9.17) is 0 Å². The van der Waals surface area contributed by atoms with Crippen molar-refractivity contribution in [3.63, 3.8) is 0 Å². The summed E-state index contributed by atoms with van der Waals surface area (Å²) in [6.07, 6.45) is 0. The van der Waals surface area contributed by atoms with Crippen LogP contribution in [0.2, 0.25) is 0 Å². The first kappa shape index (κ1) is 17.5. The van der Waals surface area contributed by atoms with Crippen molar-refractivity contribution in [3.05, 3.63) is 59.9 Å². The molecule has 1 aliphatic heterocycles. The van der Waals surface area contributed by atoms with Crippen LogP contribution in [0.15, 0.2) is 53.4 Å². The summed E-state index contributed by atoms with van der Waals surface area (Å²) in [6, 6.07) is 13.5. The Hall–Kier alpha value is -2.34. The quantitative estimate of drug-likeness (QED) is 0.840. The number of hydrogen-bond acceptors (Lipinski definition) is 3. The number of amides is 2. The highest BCUT2D eigenvalue weighted by Crippen LogP contribution is 2.35. The zero-order valence-electron chi connectivity index (χ0n) is 14.1. The summed E-state index contributed by atoms with van der Waals surface area (Å²) in [6.45, 7) is 1.88. The predicted octanol–water partition coefficient (Wildman–Crippen LogP) is 3.48. The molecule has 0 saturated carbocycles. The Labute approximate surface area is 150 Å². The van der Waals surface area contributed by atoms with Crippen LogP contribution in [0.1, 0.15) is 18.5 Å². The molecule has 0 aliphatic carbocycles. The fourth-order valence-corrected chi connectivity index (χ4v) is 3.69. The molecule has 4 nitrogen and oxygen atoms in total. The number of halogens is 1. The molecule has 2 aromatic carbocycles. The summed E-state index contributed by atoms with van der Waals surface area (Å²) >= 11 is 1.49. The maximum absolute atomic E-state index is 13.1. The third-order valence-electron chi connectivity index (χ3n) is 4.43. The minimum atomic E-state index is -0.307. The predicted molar refractivity (Wildman–Crippen MR) is 97.1 cm³/mol. The molecule has 0 aromatic heterocycles. The molecule has 2 amide bonds. The maximum atomic E-state index is 13.1. The summed E-state index contributed by atoms with van der Waals surface area (Å²) in [4.78, 5) is 29.1. The minimum Gasteiger partial charge on any atom is -0.337 e. The second-order valence-corrected chi connectivity index (χ2v) is 6.99. The normalized spacial score (nSPS) is 14.8. The molecule has 0 saturated heterocycles. The number of likely N-dealkylation sites (N-methyl/N-ethyl adjacent to an activating group) is 1. The van der Waals surface area contributed by atoms with Gasteiger partial charge in [-0.2, -0.15) is 0 Å². The van der Waals surface area contributed by atoms with Crippen molar-refractivity contribution in [1.29, 1.82) is 0 Å². The van der Waals surface area contributed by atoms with Gasteiger partial charge in [0.05, 0.1) is 17.5 Å². The number of hydrogen-bond donors (Lipinski definition) is 0. The minimum absolute atomic E-state index is 0.00155. The molecule has 130 valence electrons. The van der Waals surface area contributed by atoms with E-state index in [1.807, 2.05) is 31.2 Å². The molecule has 2 aromatic rings. The second-order valence-electron chi connectivity index (χ2n) is 5.97. The van der Waals surface area contributed by atoms with Crippen molar-refractivity contribution in [2.75, 3.05) is 24.2 Å². The first-order valence-electron chi connectivity index (χ1n) is 8.00. The number of carbonyl (C=O) groups excluding carboxylic acids is 2. The average Bonchev–Trinajstić information content (AvgIpc) is 2.63. The van der Waals surface area contributed by atoms with Gasteiger partial charge in [-0.3, -0.25) is 9.59 Å². The number of thioether (sulfide) groups is 1. The zero-order chi connectivity index (χ0) is 18.0. The van der Waals surface area contributed by atoms with Crippen LogP contribution >= 0.6 is 11.8 Å². The van der Waals surface area contributed by atoms with Gasteiger partial charge < -0.3 is 9.80 Å². The van der Waals surface area contributed by atoms with Gasteiger partial charge in [-0.05, 0) is 36.8 Å². The molecule has 0 fully saturated rings. The molecule has 0 spiro atoms. The highest BCUT2D eigenvalue weighted by atomic mass is 32.2. The maximum Gasteiger partial charge on any atom is 0.242 e. The molecule has 1 unspecified atom stereocenters. The van der Waals surface area contributed by atoms with E-state index in [1.54, 1.807) is 29.0 Å². The van der Waals surface area contributed by atoms with Crippen molar-refractivity contribution in [2.45, 2.75) is 17.9 Å². The summed E-state index contributed by atoms with van der Waals surface area (Å²) < 4.78 is 13.1. The van der Waals surface area contributed by atoms with Crippen LogP contribution in [0, 0.1) is 5.82 Å². The second kappa shape index (κ2) is 7.27. The van der Waals surface area contributed by atoms with Gasteiger partial charge in [0.15, 0.2) is 0 Å². The number of benzene rings is 2. The van der Waals surface area contributed by atoms with Crippen LogP contribution in [0.3, 0.4) is 0 Å². The molecule has 25 heavy (non-hydrogen) atoms. The van der Waals surface area contributed by atoms with E-state index in [2.05, 4.69) is 0 Å². The third-order valence-corrected chi connectivity index (χ3v) is 5.48. The van der Waals surface area contributed by atoms with Gasteiger partial charge in [0.1, 0.15) is 12.4 Å². The number of nitrogens with zero attached hydrogens (tertiary/aromatic N) is 2. The van der Waals surface area contributed by atoms with Crippen molar-refractivity contribution >= 4 is 29.3 Å². The van der Waals surface area contributed by atoms with Crippen molar-refractivity contribution < 1.29 is 14.0 Å². The van der Waals surface area contributed by atoms with E-state index in [0.29, 0.717) is 5.75 Å². The van der Waals surface area contributed by atoms with E-state index in [0.717, 1.165) is 16.1 Å². The topological polar surface area (TPSA) is 40.6 Å². The van der Waals surface area contributed by atoms with Crippen molar-refractivity contribution in [1.82, 2.24) is 4.90 Å². The van der Waals surface area contributed by atoms with Crippen LogP contribution in [0.4, 0.5) is 10.1 Å². The van der Waals surface area contributed by atoms with Crippen LogP contribution < -0.4 is 4.90 Å². The van der Waals surface area contributed by atoms with Gasteiger partial charge in [-0.15, -0.1) is 11.8 Å². The molecule has 0 N–H and O–H groups in total. The zero-order valence-corrected chi connectivity index (χ0v) is 14.9. The van der Waals surface area contributed by atoms with E-state index < -0.39 is 0 Å². The first-order valence-corrected chi connectivity index (χ1v) is 8.99. The Balaban J connectivity index is 1.75. The lowest BCUT2D eigenvalue weighted by Gasteiger charge is -2.32. The van der Waals surface area contributed by atoms with Gasteiger partial charge in [-0.25, -0.2) is 4.39 Å². The Morgan fingerprint density at radius 3 is 2.64 bits per heavy atom. The highest BCUT2D eigenvalue weighted by molar-refractivity contribution is 8.00. The molecule has 1 heterocycles. The van der Waals surface area contributed by atoms with Gasteiger partial charge in [0, 0.05) is 11.9 Å². The average molecular weight is 358 g/mol. The SMILES string of the molecule is CC(c1ccc(F)cc1)N(C)C(=O)CN1C(=O)CSc2ccccc21. The number of fused-ring (bicyclic) bond motifs is 1. The van der Waals surface area contributed by atoms with Gasteiger partial charge in [0.25, 0.3) is 0 Å². The Morgan fingerprint density at radius 1 is 1.24 bits per heavy atom. The standard InChI is InChI=1S/C19H19FN2O2S/c1-13(14-7-9-15(20)10-8-14)21(2)18(23)11-22-16-5-3-4-6-17(16)25-12-19(22)24/h3-10,13H,11-12H2,1-2H3. The summed E-state index contributed by atoms with van der Waals surface area (Å²) in [5.41, 5.74) is 1.62. The number of rotatable bonds is 4. The van der Waals surface area contributed by atoms with E-state index in [1.165, 1.54) is 23.9 Å². The smallest absolute Gasteiger partial charge is 0.242 e. The summed E-state index contributed by atoms with van der Waals surface area (Å²) in [7, 11) is 1.70. The van der Waals surface area contributed by atoms with Crippen LogP contribution in [0.25, 0.3) is 0 Å². The lowest BCUT2D eigenvalue weighted by atomic mass is 10.1. The Kier molecular flexibility index (Phi) is 5.08. The van der Waals surface area contributed by atoms with Crippen molar-refractivity contribution in [3.8, 4) is 0 Å². The molecule has 6 heteroatoms. The van der Waals surface area contributed by atoms with E-state index in [-0.39, 0.29) is 30.2 Å². The van der Waals surface area contributed by atoms with Crippen LogP contribution in [0.5, 0.6) is 0 Å². The fraction of sp³-hybridized carbons (Fsp3) is 0.263. The number of para-hydroxylation sites is 1. The molecule has 1 aliphatic rings. The summed E-state index contributed by atoms with van der Waals surface area (Å²) in [5.74, 6) is -0.202. The lowest BCUT2D eigenvalue weighted by Crippen LogP contribution is -2.44. The van der Waals surface area contributed by atoms with Crippen molar-refractivity contribution in [2.24, 2.45) is 0 Å². The summed E-state index contributed by atoms with van der Waals surface area (Å²) in [5, 5.41) is 0. The molecular formula is C19H19FN2O2S. The van der Waals surface area contributed by atoms with Gasteiger partial charge >= 0.3 is 0 Å². The third kappa shape index (κ3) is 3.69. The lowest BCUT2D eigenvalue weighted by molar-refractivity contribution is -0.131. The van der Waals surface area contributed by atoms with Crippen LogP contribution in [-0.4, -0.2) is 36.1 Å². The highest BCUT2D eigenvalue weighted by Gasteiger charge is 2.28. The number of anilines is 1. The molecule has 1 atom stereocenters. The monoisotopic (exact) mass is 358 g/mol. The van der Waals surface area contributed by atoms with Gasteiger partial charge in [0.2, 0.25) is 11.8 Å². The molecule has 3 rings (SSSR count). The fourth-order valence-electron chi connectivity index (χ4n) is 2.75. The van der Waals surface area contributed by atoms with E-state index in [9.17, 15) is 14.0 Å². The Bertz CT molecular complexity index is 794. The molecule has 0 bridgehead atoms. The number of carbonyl (C=O) groups is 2. The Morgan fingerprint density at radius 2 is 1.92 bits per heavy atom. The largest absolute Gasteiger partial charge is 0.337 e. The van der Waals surface area contributed by atoms with Crippen LogP contribution in [-0.2, 0) is 9.59 Å². The van der Waals surface area contributed by atoms with Gasteiger partial charge in [-0.1, -0.05) is 24.3 Å². The first-order chi connectivity index (χ1) is 12.0. The molecule has 0 radical (unpaired) electrons. The van der Waals surface area contributed by atoms with E-state index >= 15 is 0 Å².